The molecule has 1 amide bonds. The van der Waals surface area contributed by atoms with Crippen LogP contribution in [0.25, 0.3) is 11.5 Å². The van der Waals surface area contributed by atoms with Gasteiger partial charge in [-0.15, -0.1) is 5.10 Å². The number of aromatic nitrogens is 2. The van der Waals surface area contributed by atoms with Crippen LogP contribution in [0.2, 0.25) is 5.02 Å². The van der Waals surface area contributed by atoms with Crippen molar-refractivity contribution in [2.24, 2.45) is 4.99 Å². The third-order valence-corrected chi connectivity index (χ3v) is 4.16. The zero-order valence-corrected chi connectivity index (χ0v) is 14.3. The van der Waals surface area contributed by atoms with Gasteiger partial charge in [0.1, 0.15) is 5.71 Å². The van der Waals surface area contributed by atoms with E-state index in [-0.39, 0.29) is 17.6 Å². The number of benzene rings is 2. The Labute approximate surface area is 149 Å². The second-order valence-electron chi connectivity index (χ2n) is 5.00. The quantitative estimate of drug-likeness (QED) is 0.694. The lowest BCUT2D eigenvalue weighted by Crippen LogP contribution is -2.13. The third kappa shape index (κ3) is 2.72. The molecule has 118 valence electrons. The monoisotopic (exact) mass is 402 g/mol. The van der Waals surface area contributed by atoms with Crippen molar-refractivity contribution in [1.82, 2.24) is 10.2 Å². The lowest BCUT2D eigenvalue weighted by molar-refractivity contribution is -0.110. The van der Waals surface area contributed by atoms with Crippen LogP contribution in [0.5, 0.6) is 0 Å². The number of amides is 1. The number of anilines is 1. The first kappa shape index (κ1) is 15.0. The average Bonchev–Trinajstić information content (AvgIpc) is 3.14. The molecule has 0 radical (unpaired) electrons. The summed E-state index contributed by atoms with van der Waals surface area (Å²) in [4.78, 5) is 16.3. The summed E-state index contributed by atoms with van der Waals surface area (Å²) < 4.78 is 6.37. The van der Waals surface area contributed by atoms with E-state index in [0.717, 1.165) is 10.0 Å². The van der Waals surface area contributed by atoms with Gasteiger partial charge in [-0.1, -0.05) is 32.6 Å². The van der Waals surface area contributed by atoms with Gasteiger partial charge in [0.05, 0.1) is 5.69 Å². The van der Waals surface area contributed by atoms with Gasteiger partial charge in [0, 0.05) is 20.6 Å². The number of rotatable bonds is 2. The van der Waals surface area contributed by atoms with Crippen molar-refractivity contribution in [2.75, 3.05) is 5.32 Å². The first-order valence-electron chi connectivity index (χ1n) is 6.89. The Morgan fingerprint density at radius 3 is 2.71 bits per heavy atom. The minimum absolute atomic E-state index is 0.0120. The van der Waals surface area contributed by atoms with E-state index in [4.69, 9.17) is 16.0 Å². The van der Waals surface area contributed by atoms with Gasteiger partial charge in [0.2, 0.25) is 5.89 Å². The number of nitrogens with zero attached hydrogens (tertiary/aromatic N) is 3. The van der Waals surface area contributed by atoms with E-state index < -0.39 is 0 Å². The van der Waals surface area contributed by atoms with Crippen molar-refractivity contribution >= 4 is 50.9 Å². The molecule has 24 heavy (non-hydrogen) atoms. The van der Waals surface area contributed by atoms with Crippen LogP contribution in [0.1, 0.15) is 5.56 Å². The van der Waals surface area contributed by atoms with E-state index in [1.54, 1.807) is 30.3 Å². The third-order valence-electron chi connectivity index (χ3n) is 3.41. The Bertz CT molecular complexity index is 982. The lowest BCUT2D eigenvalue weighted by atomic mass is 10.1. The first-order chi connectivity index (χ1) is 11.6. The Morgan fingerprint density at radius 2 is 1.92 bits per heavy atom. The summed E-state index contributed by atoms with van der Waals surface area (Å²) in [5.74, 6) is -0.00627. The molecule has 0 bridgehead atoms. The maximum atomic E-state index is 12.1. The molecule has 0 saturated heterocycles. The van der Waals surface area contributed by atoms with Crippen LogP contribution in [0.15, 0.2) is 56.3 Å². The van der Waals surface area contributed by atoms with Crippen molar-refractivity contribution in [3.8, 4) is 11.5 Å². The second-order valence-corrected chi connectivity index (χ2v) is 6.35. The summed E-state index contributed by atoms with van der Waals surface area (Å²) >= 11 is 9.24. The Balaban J connectivity index is 1.71. The highest BCUT2D eigenvalue weighted by Crippen LogP contribution is 2.29. The Kier molecular flexibility index (Phi) is 3.66. The molecule has 0 aliphatic carbocycles. The maximum absolute atomic E-state index is 12.1. The molecule has 1 aromatic heterocycles. The van der Waals surface area contributed by atoms with E-state index >= 15 is 0 Å². The predicted molar refractivity (Wildman–Crippen MR) is 93.7 cm³/mol. The first-order valence-corrected chi connectivity index (χ1v) is 8.07. The molecule has 2 aromatic carbocycles. The highest BCUT2D eigenvalue weighted by Gasteiger charge is 2.27. The van der Waals surface area contributed by atoms with Crippen LogP contribution in [0.4, 0.5) is 11.7 Å². The summed E-state index contributed by atoms with van der Waals surface area (Å²) in [5.41, 5.74) is 2.33. The van der Waals surface area contributed by atoms with Crippen molar-refractivity contribution in [3.05, 3.63) is 57.5 Å². The fraction of sp³-hybridized carbons (Fsp3) is 0. The van der Waals surface area contributed by atoms with Gasteiger partial charge in [-0.2, -0.15) is 4.99 Å². The molecule has 1 N–H and O–H groups in total. The lowest BCUT2D eigenvalue weighted by Gasteiger charge is -1.97. The molecule has 0 spiro atoms. The van der Waals surface area contributed by atoms with Crippen LogP contribution in [0, 0.1) is 0 Å². The zero-order valence-electron chi connectivity index (χ0n) is 12.0. The molecule has 0 saturated carbocycles. The molecule has 1 aliphatic rings. The number of aliphatic imine (C=N–C) groups is 1. The van der Waals surface area contributed by atoms with Gasteiger partial charge < -0.3 is 9.73 Å². The largest absolute Gasteiger partial charge is 0.402 e. The van der Waals surface area contributed by atoms with Gasteiger partial charge in [0.25, 0.3) is 5.91 Å². The molecule has 1 aliphatic heterocycles. The Morgan fingerprint density at radius 1 is 1.12 bits per heavy atom. The fourth-order valence-corrected chi connectivity index (χ4v) is 2.79. The molecule has 3 aromatic rings. The molecule has 0 atom stereocenters. The smallest absolute Gasteiger partial charge is 0.343 e. The summed E-state index contributed by atoms with van der Waals surface area (Å²) in [6, 6.07) is 12.4. The minimum atomic E-state index is -0.311. The number of carbonyl (C=O) groups excluding carboxylic acids is 1. The number of hydrogen-bond acceptors (Lipinski definition) is 5. The zero-order chi connectivity index (χ0) is 16.7. The number of halogens is 2. The Hall–Kier alpha value is -2.51. The number of fused-ring (bicyclic) bond motifs is 1. The number of nitrogens with one attached hydrogen (secondary N) is 1. The SMILES string of the molecule is O=C1Nc2ccc(Br)cc2/C1=N\c1nnc(-c2ccc(Cl)cc2)o1. The molecule has 6 nitrogen and oxygen atoms in total. The normalized spacial score (nSPS) is 14.8. The van der Waals surface area contributed by atoms with Crippen LogP contribution in [-0.4, -0.2) is 21.8 Å². The maximum Gasteiger partial charge on any atom is 0.343 e. The van der Waals surface area contributed by atoms with Crippen molar-refractivity contribution in [3.63, 3.8) is 0 Å². The van der Waals surface area contributed by atoms with Gasteiger partial charge in [-0.3, -0.25) is 4.79 Å². The molecule has 0 fully saturated rings. The predicted octanol–water partition coefficient (Wildman–Crippen LogP) is 4.23. The molecule has 2 heterocycles. The summed E-state index contributed by atoms with van der Waals surface area (Å²) in [7, 11) is 0. The van der Waals surface area contributed by atoms with Gasteiger partial charge in [-0.05, 0) is 42.5 Å². The van der Waals surface area contributed by atoms with E-state index in [2.05, 4.69) is 36.4 Å². The van der Waals surface area contributed by atoms with E-state index in [9.17, 15) is 4.79 Å². The average molecular weight is 404 g/mol. The highest BCUT2D eigenvalue weighted by atomic mass is 79.9. The van der Waals surface area contributed by atoms with Crippen molar-refractivity contribution < 1.29 is 9.21 Å². The van der Waals surface area contributed by atoms with Crippen molar-refractivity contribution in [1.29, 1.82) is 0 Å². The molecule has 0 unspecified atom stereocenters. The van der Waals surface area contributed by atoms with Crippen molar-refractivity contribution in [2.45, 2.75) is 0 Å². The van der Waals surface area contributed by atoms with Gasteiger partial charge in [-0.25, -0.2) is 0 Å². The molecular formula is C16H8BrClN4O2. The fourth-order valence-electron chi connectivity index (χ4n) is 2.30. The van der Waals surface area contributed by atoms with Crippen LogP contribution < -0.4 is 5.32 Å². The van der Waals surface area contributed by atoms with Gasteiger partial charge in [0.15, 0.2) is 0 Å². The second kappa shape index (κ2) is 5.85. The van der Waals surface area contributed by atoms with Crippen LogP contribution in [-0.2, 0) is 4.79 Å². The van der Waals surface area contributed by atoms with Gasteiger partial charge >= 0.3 is 6.01 Å². The molecular weight excluding hydrogens is 396 g/mol. The molecule has 4 rings (SSSR count). The van der Waals surface area contributed by atoms with E-state index in [1.165, 1.54) is 0 Å². The topological polar surface area (TPSA) is 80.4 Å². The highest BCUT2D eigenvalue weighted by molar-refractivity contribution is 9.10. The van der Waals surface area contributed by atoms with E-state index in [0.29, 0.717) is 22.2 Å². The van der Waals surface area contributed by atoms with E-state index in [1.807, 2.05) is 12.1 Å². The standard InChI is InChI=1S/C16H8BrClN4O2/c17-9-3-6-12-11(7-9)13(14(23)19-12)20-16-22-21-15(24-16)8-1-4-10(18)5-2-8/h1-7H,(H,19,20,22,23). The minimum Gasteiger partial charge on any atom is -0.402 e. The van der Waals surface area contributed by atoms with Crippen LogP contribution >= 0.6 is 27.5 Å². The molecule has 8 heteroatoms. The summed E-state index contributed by atoms with van der Waals surface area (Å²) in [5, 5.41) is 11.2. The number of carbonyl (C=O) groups is 1. The summed E-state index contributed by atoms with van der Waals surface area (Å²) in [6.07, 6.45) is 0. The number of hydrogen-bond donors (Lipinski definition) is 1. The summed E-state index contributed by atoms with van der Waals surface area (Å²) in [6.45, 7) is 0. The van der Waals surface area contributed by atoms with Crippen LogP contribution in [0.3, 0.4) is 0 Å².